The number of fused-ring (bicyclic) bond motifs is 1. The summed E-state index contributed by atoms with van der Waals surface area (Å²) in [6.07, 6.45) is 1.89. The lowest BCUT2D eigenvalue weighted by Crippen LogP contribution is -2.36. The number of aryl methyl sites for hydroxylation is 1. The first-order valence-electron chi connectivity index (χ1n) is 6.81. The van der Waals surface area contributed by atoms with Gasteiger partial charge in [-0.15, -0.1) is 0 Å². The average Bonchev–Trinajstić information content (AvgIpc) is 2.33. The van der Waals surface area contributed by atoms with Gasteiger partial charge >= 0.3 is 0 Å². The molecule has 2 heteroatoms. The van der Waals surface area contributed by atoms with Crippen LogP contribution < -0.4 is 4.74 Å². The summed E-state index contributed by atoms with van der Waals surface area (Å²) in [7, 11) is 1.71. The molecule has 2 atom stereocenters. The maximum absolute atomic E-state index is 11.0. The minimum absolute atomic E-state index is 0.233. The van der Waals surface area contributed by atoms with Gasteiger partial charge in [0.1, 0.15) is 5.75 Å². The van der Waals surface area contributed by atoms with Gasteiger partial charge in [-0.05, 0) is 60.4 Å². The maximum Gasteiger partial charge on any atom is 0.122 e. The molecule has 0 aliphatic heterocycles. The molecule has 1 aliphatic rings. The fraction of sp³-hybridized carbons (Fsp3) is 0.625. The van der Waals surface area contributed by atoms with Crippen molar-refractivity contribution in [3.63, 3.8) is 0 Å². The van der Waals surface area contributed by atoms with E-state index in [-0.39, 0.29) is 5.92 Å². The second kappa shape index (κ2) is 4.58. The predicted molar refractivity (Wildman–Crippen MR) is 74.1 cm³/mol. The topological polar surface area (TPSA) is 29.5 Å². The molecule has 18 heavy (non-hydrogen) atoms. The van der Waals surface area contributed by atoms with Crippen LogP contribution in [0.15, 0.2) is 12.1 Å². The van der Waals surface area contributed by atoms with Gasteiger partial charge in [0.15, 0.2) is 0 Å². The van der Waals surface area contributed by atoms with Crippen molar-refractivity contribution in [2.24, 2.45) is 5.92 Å². The van der Waals surface area contributed by atoms with Crippen molar-refractivity contribution in [2.45, 2.75) is 52.1 Å². The molecule has 1 aromatic carbocycles. The molecule has 2 nitrogen and oxygen atoms in total. The van der Waals surface area contributed by atoms with Crippen molar-refractivity contribution < 1.29 is 9.84 Å². The van der Waals surface area contributed by atoms with Gasteiger partial charge < -0.3 is 9.84 Å². The Bertz CT molecular complexity index is 451. The normalized spacial score (nSPS) is 27.2. The number of hydrogen-bond acceptors (Lipinski definition) is 2. The van der Waals surface area contributed by atoms with Gasteiger partial charge in [0.25, 0.3) is 0 Å². The maximum atomic E-state index is 11.0. The number of benzene rings is 1. The zero-order valence-corrected chi connectivity index (χ0v) is 12.1. The van der Waals surface area contributed by atoms with E-state index < -0.39 is 5.60 Å². The van der Waals surface area contributed by atoms with Gasteiger partial charge in [0.05, 0.1) is 12.7 Å². The minimum Gasteiger partial charge on any atom is -0.496 e. The summed E-state index contributed by atoms with van der Waals surface area (Å²) < 4.78 is 5.41. The number of aliphatic hydroxyl groups is 1. The van der Waals surface area contributed by atoms with Crippen LogP contribution in [0.25, 0.3) is 0 Å². The average molecular weight is 248 g/mol. The van der Waals surface area contributed by atoms with Crippen LogP contribution in [0, 0.1) is 12.8 Å². The van der Waals surface area contributed by atoms with E-state index >= 15 is 0 Å². The molecular formula is C16H24O2. The Kier molecular flexibility index (Phi) is 3.41. The molecule has 0 unspecified atom stereocenters. The highest BCUT2D eigenvalue weighted by molar-refractivity contribution is 5.47. The van der Waals surface area contributed by atoms with E-state index in [1.165, 1.54) is 5.56 Å². The number of methoxy groups -OCH3 is 1. The van der Waals surface area contributed by atoms with Gasteiger partial charge in [-0.2, -0.15) is 0 Å². The molecule has 100 valence electrons. The Hall–Kier alpha value is -1.02. The molecule has 0 saturated carbocycles. The highest BCUT2D eigenvalue weighted by Crippen LogP contribution is 2.46. The fourth-order valence-electron chi connectivity index (χ4n) is 3.03. The zero-order valence-electron chi connectivity index (χ0n) is 12.1. The molecular weight excluding hydrogens is 224 g/mol. The predicted octanol–water partition coefficient (Wildman–Crippen LogP) is 3.74. The Morgan fingerprint density at radius 3 is 2.61 bits per heavy atom. The molecule has 1 aromatic rings. The van der Waals surface area contributed by atoms with E-state index in [1.807, 2.05) is 6.92 Å². The van der Waals surface area contributed by atoms with Crippen LogP contribution in [0.3, 0.4) is 0 Å². The highest BCUT2D eigenvalue weighted by Gasteiger charge is 2.39. The van der Waals surface area contributed by atoms with Crippen LogP contribution in [-0.4, -0.2) is 12.2 Å². The van der Waals surface area contributed by atoms with Crippen molar-refractivity contribution >= 4 is 0 Å². The van der Waals surface area contributed by atoms with E-state index in [0.717, 1.165) is 29.7 Å². The largest absolute Gasteiger partial charge is 0.496 e. The van der Waals surface area contributed by atoms with Crippen molar-refractivity contribution in [3.8, 4) is 5.75 Å². The van der Waals surface area contributed by atoms with E-state index in [0.29, 0.717) is 5.92 Å². The quantitative estimate of drug-likeness (QED) is 0.864. The second-order valence-electron chi connectivity index (χ2n) is 5.93. The van der Waals surface area contributed by atoms with Crippen LogP contribution in [0.5, 0.6) is 5.75 Å². The fourth-order valence-corrected chi connectivity index (χ4v) is 3.03. The molecule has 0 amide bonds. The van der Waals surface area contributed by atoms with Crippen molar-refractivity contribution in [3.05, 3.63) is 28.8 Å². The van der Waals surface area contributed by atoms with Crippen molar-refractivity contribution in [2.75, 3.05) is 7.11 Å². The molecule has 0 aromatic heterocycles. The first-order valence-corrected chi connectivity index (χ1v) is 6.81. The van der Waals surface area contributed by atoms with Crippen LogP contribution in [0.1, 0.15) is 56.2 Å². The van der Waals surface area contributed by atoms with Crippen molar-refractivity contribution in [1.29, 1.82) is 0 Å². The molecule has 0 heterocycles. The molecule has 0 bridgehead atoms. The van der Waals surface area contributed by atoms with Crippen LogP contribution in [0.2, 0.25) is 0 Å². The lowest BCUT2D eigenvalue weighted by atomic mass is 9.69. The van der Waals surface area contributed by atoms with Crippen LogP contribution in [0.4, 0.5) is 0 Å². The third kappa shape index (κ3) is 1.93. The number of hydrogen-bond donors (Lipinski definition) is 1. The van der Waals surface area contributed by atoms with Crippen LogP contribution >= 0.6 is 0 Å². The van der Waals surface area contributed by atoms with E-state index in [9.17, 15) is 5.11 Å². The summed E-state index contributed by atoms with van der Waals surface area (Å²) in [6, 6.07) is 4.23. The molecule has 2 rings (SSSR count). The van der Waals surface area contributed by atoms with Crippen molar-refractivity contribution in [1.82, 2.24) is 0 Å². The molecule has 1 aliphatic carbocycles. The van der Waals surface area contributed by atoms with Gasteiger partial charge in [0, 0.05) is 0 Å². The number of ether oxygens (including phenoxy) is 1. The summed E-state index contributed by atoms with van der Waals surface area (Å²) >= 11 is 0. The summed E-state index contributed by atoms with van der Waals surface area (Å²) in [5.41, 5.74) is 2.78. The summed E-state index contributed by atoms with van der Waals surface area (Å²) in [6.45, 7) is 8.46. The molecule has 0 spiro atoms. The second-order valence-corrected chi connectivity index (χ2v) is 5.93. The number of rotatable bonds is 2. The van der Waals surface area contributed by atoms with E-state index in [1.54, 1.807) is 7.11 Å². The summed E-state index contributed by atoms with van der Waals surface area (Å²) in [4.78, 5) is 0. The lowest BCUT2D eigenvalue weighted by Gasteiger charge is -2.40. The first-order chi connectivity index (χ1) is 8.40. The van der Waals surface area contributed by atoms with Crippen LogP contribution in [-0.2, 0) is 5.60 Å². The Morgan fingerprint density at radius 1 is 1.39 bits per heavy atom. The lowest BCUT2D eigenvalue weighted by molar-refractivity contribution is -0.0287. The third-order valence-electron chi connectivity index (χ3n) is 4.48. The monoisotopic (exact) mass is 248 g/mol. The van der Waals surface area contributed by atoms with Gasteiger partial charge in [-0.3, -0.25) is 0 Å². The highest BCUT2D eigenvalue weighted by atomic mass is 16.5. The Balaban J connectivity index is 2.62. The van der Waals surface area contributed by atoms with E-state index in [4.69, 9.17) is 4.74 Å². The summed E-state index contributed by atoms with van der Waals surface area (Å²) in [5, 5.41) is 11.0. The Morgan fingerprint density at radius 2 is 2.06 bits per heavy atom. The standard InChI is InChI=1S/C16H24O2/c1-10(2)16(17)7-6-11(3)13-9-15(18-5)12(4)8-14(13)16/h8-11,17H,6-7H2,1-5H3/t11-,16-/m0/s1. The zero-order chi connectivity index (χ0) is 13.5. The van der Waals surface area contributed by atoms with Gasteiger partial charge in [0.2, 0.25) is 0 Å². The van der Waals surface area contributed by atoms with E-state index in [2.05, 4.69) is 32.9 Å². The summed E-state index contributed by atoms with van der Waals surface area (Å²) in [5.74, 6) is 1.65. The molecule has 0 radical (unpaired) electrons. The smallest absolute Gasteiger partial charge is 0.122 e. The Labute approximate surface area is 110 Å². The molecule has 0 saturated heterocycles. The van der Waals surface area contributed by atoms with Gasteiger partial charge in [-0.1, -0.05) is 20.8 Å². The van der Waals surface area contributed by atoms with Gasteiger partial charge in [-0.25, -0.2) is 0 Å². The molecule has 1 N–H and O–H groups in total. The minimum atomic E-state index is -0.682. The third-order valence-corrected chi connectivity index (χ3v) is 4.48. The SMILES string of the molecule is COc1cc2c(cc1C)[C@@](O)(C(C)C)CC[C@@H]2C. The first kappa shape index (κ1) is 13.4. The molecule has 0 fully saturated rings.